The van der Waals surface area contributed by atoms with Gasteiger partial charge in [0.25, 0.3) is 0 Å². The van der Waals surface area contributed by atoms with E-state index in [1.807, 2.05) is 0 Å². The third kappa shape index (κ3) is 3.37. The number of hydrogen-bond acceptors (Lipinski definition) is 5. The van der Waals surface area contributed by atoms with Gasteiger partial charge in [0.2, 0.25) is 5.69 Å². The van der Waals surface area contributed by atoms with Crippen LogP contribution in [-0.2, 0) is 0 Å². The SMILES string of the molecule is COc1ccc(-[n+]2[nH]oc(=O)c2C(=O)Nc2cccc(OC)c2)cc1. The molecule has 8 heteroatoms. The van der Waals surface area contributed by atoms with Crippen LogP contribution < -0.4 is 25.1 Å². The van der Waals surface area contributed by atoms with Gasteiger partial charge in [-0.25, -0.2) is 4.79 Å². The van der Waals surface area contributed by atoms with Crippen molar-refractivity contribution in [2.24, 2.45) is 0 Å². The largest absolute Gasteiger partial charge is 0.497 e. The summed E-state index contributed by atoms with van der Waals surface area (Å²) >= 11 is 0. The van der Waals surface area contributed by atoms with E-state index in [2.05, 4.69) is 10.6 Å². The maximum atomic E-state index is 12.5. The van der Waals surface area contributed by atoms with Crippen LogP contribution in [0.25, 0.3) is 5.69 Å². The van der Waals surface area contributed by atoms with Crippen LogP contribution in [0.1, 0.15) is 10.5 Å². The molecule has 3 aromatic rings. The van der Waals surface area contributed by atoms with Gasteiger partial charge < -0.3 is 14.8 Å². The first-order chi connectivity index (χ1) is 12.1. The van der Waals surface area contributed by atoms with Crippen LogP contribution in [0, 0.1) is 0 Å². The first kappa shape index (κ1) is 16.3. The highest BCUT2D eigenvalue weighted by Crippen LogP contribution is 2.17. The highest BCUT2D eigenvalue weighted by Gasteiger charge is 2.31. The number of aromatic amines is 1. The molecule has 1 amide bonds. The minimum absolute atomic E-state index is 0.187. The number of rotatable bonds is 5. The summed E-state index contributed by atoms with van der Waals surface area (Å²) in [5.74, 6) is 0.624. The lowest BCUT2D eigenvalue weighted by molar-refractivity contribution is -0.672. The summed E-state index contributed by atoms with van der Waals surface area (Å²) in [6.07, 6.45) is 0. The van der Waals surface area contributed by atoms with Gasteiger partial charge in [-0.05, 0) is 34.2 Å². The second-order valence-electron chi connectivity index (χ2n) is 5.05. The fourth-order valence-electron chi connectivity index (χ4n) is 2.27. The van der Waals surface area contributed by atoms with Crippen molar-refractivity contribution in [3.63, 3.8) is 0 Å². The highest BCUT2D eigenvalue weighted by molar-refractivity contribution is 6.01. The summed E-state index contributed by atoms with van der Waals surface area (Å²) in [4.78, 5) is 24.5. The van der Waals surface area contributed by atoms with Gasteiger partial charge in [0.05, 0.1) is 14.2 Å². The number of nitrogens with one attached hydrogen (secondary N) is 2. The van der Waals surface area contributed by atoms with Crippen LogP contribution in [0.3, 0.4) is 0 Å². The van der Waals surface area contributed by atoms with Gasteiger partial charge in [-0.1, -0.05) is 6.07 Å². The van der Waals surface area contributed by atoms with E-state index in [4.69, 9.17) is 14.0 Å². The quantitative estimate of drug-likeness (QED) is 0.685. The van der Waals surface area contributed by atoms with E-state index in [9.17, 15) is 9.59 Å². The molecule has 0 spiro atoms. The van der Waals surface area contributed by atoms with E-state index in [0.29, 0.717) is 22.9 Å². The Bertz CT molecular complexity index is 943. The number of carbonyl (C=O) groups excluding carboxylic acids is 1. The number of anilines is 1. The van der Waals surface area contributed by atoms with Gasteiger partial charge >= 0.3 is 17.2 Å². The summed E-state index contributed by atoms with van der Waals surface area (Å²) in [6, 6.07) is 13.6. The van der Waals surface area contributed by atoms with Crippen molar-refractivity contribution in [1.82, 2.24) is 5.27 Å². The number of methoxy groups -OCH3 is 2. The summed E-state index contributed by atoms with van der Waals surface area (Å²) in [7, 11) is 3.08. The molecule has 0 aliphatic rings. The molecule has 1 aromatic heterocycles. The smallest absolute Gasteiger partial charge is 0.441 e. The maximum absolute atomic E-state index is 12.5. The molecular formula is C17H16N3O5+. The van der Waals surface area contributed by atoms with Crippen molar-refractivity contribution in [3.8, 4) is 17.2 Å². The molecule has 3 rings (SSSR count). The van der Waals surface area contributed by atoms with E-state index in [-0.39, 0.29) is 5.69 Å². The first-order valence-corrected chi connectivity index (χ1v) is 7.35. The lowest BCUT2D eigenvalue weighted by atomic mass is 10.2. The highest BCUT2D eigenvalue weighted by atomic mass is 16.5. The van der Waals surface area contributed by atoms with E-state index in [1.54, 1.807) is 55.6 Å². The molecule has 1 heterocycles. The van der Waals surface area contributed by atoms with E-state index < -0.39 is 11.5 Å². The molecular weight excluding hydrogens is 326 g/mol. The van der Waals surface area contributed by atoms with E-state index >= 15 is 0 Å². The number of hydrogen-bond donors (Lipinski definition) is 2. The van der Waals surface area contributed by atoms with Gasteiger partial charge in [0, 0.05) is 23.9 Å². The average molecular weight is 342 g/mol. The summed E-state index contributed by atoms with van der Waals surface area (Å²) in [5.41, 5.74) is 0.0675. The predicted octanol–water partition coefficient (Wildman–Crippen LogP) is 1.51. The standard InChI is InChI=1S/C17H15N3O5/c1-23-13-8-6-12(7-9-13)20-15(17(22)25-19-20)16(21)18-11-4-3-5-14(10-11)24-2/h3-10H,1-2H3,(H-,18,19,21,22)/p+1. The number of ether oxygens (including phenoxy) is 2. The third-order valence-corrected chi connectivity index (χ3v) is 3.52. The summed E-state index contributed by atoms with van der Waals surface area (Å²) in [6.45, 7) is 0. The fraction of sp³-hybridized carbons (Fsp3) is 0.118. The molecule has 0 radical (unpaired) electrons. The molecule has 0 atom stereocenters. The van der Waals surface area contributed by atoms with Crippen molar-refractivity contribution in [3.05, 3.63) is 64.6 Å². The van der Waals surface area contributed by atoms with Gasteiger partial charge in [0.1, 0.15) is 11.5 Å². The van der Waals surface area contributed by atoms with Gasteiger partial charge in [0.15, 0.2) is 0 Å². The zero-order chi connectivity index (χ0) is 17.8. The van der Waals surface area contributed by atoms with Crippen LogP contribution in [0.15, 0.2) is 57.8 Å². The van der Waals surface area contributed by atoms with Crippen molar-refractivity contribution in [2.75, 3.05) is 19.5 Å². The molecule has 0 aliphatic heterocycles. The topological polar surface area (TPSA) is 97.4 Å². The van der Waals surface area contributed by atoms with Crippen molar-refractivity contribution < 1.29 is 23.5 Å². The molecule has 0 unspecified atom stereocenters. The average Bonchev–Trinajstić information content (AvgIpc) is 3.03. The number of nitrogens with zero attached hydrogens (tertiary/aromatic N) is 1. The number of aromatic nitrogens is 2. The van der Waals surface area contributed by atoms with Gasteiger partial charge in [-0.3, -0.25) is 9.32 Å². The summed E-state index contributed by atoms with van der Waals surface area (Å²) in [5, 5.41) is 5.07. The Morgan fingerprint density at radius 2 is 1.80 bits per heavy atom. The lowest BCUT2D eigenvalue weighted by Gasteiger charge is -2.04. The van der Waals surface area contributed by atoms with Crippen LogP contribution in [0.4, 0.5) is 5.69 Å². The van der Waals surface area contributed by atoms with Crippen molar-refractivity contribution in [2.45, 2.75) is 0 Å². The molecule has 0 aliphatic carbocycles. The summed E-state index contributed by atoms with van der Waals surface area (Å²) < 4.78 is 16.2. The Morgan fingerprint density at radius 3 is 2.48 bits per heavy atom. The fourth-order valence-corrected chi connectivity index (χ4v) is 2.27. The Morgan fingerprint density at radius 1 is 1.08 bits per heavy atom. The molecule has 128 valence electrons. The van der Waals surface area contributed by atoms with E-state index in [0.717, 1.165) is 0 Å². The van der Waals surface area contributed by atoms with Crippen LogP contribution >= 0.6 is 0 Å². The van der Waals surface area contributed by atoms with Crippen LogP contribution in [-0.4, -0.2) is 25.4 Å². The minimum atomic E-state index is -0.781. The number of H-pyrrole nitrogens is 1. The van der Waals surface area contributed by atoms with Crippen molar-refractivity contribution in [1.29, 1.82) is 0 Å². The molecule has 25 heavy (non-hydrogen) atoms. The Kier molecular flexibility index (Phi) is 4.51. The Hall–Kier alpha value is -3.55. The second kappa shape index (κ2) is 6.91. The number of benzene rings is 2. The van der Waals surface area contributed by atoms with Crippen molar-refractivity contribution >= 4 is 11.6 Å². The molecule has 0 fully saturated rings. The van der Waals surface area contributed by atoms with Gasteiger partial charge in [-0.2, -0.15) is 0 Å². The van der Waals surface area contributed by atoms with Gasteiger partial charge in [-0.15, -0.1) is 0 Å². The second-order valence-corrected chi connectivity index (χ2v) is 5.05. The number of carbonyl (C=O) groups is 1. The Labute approximate surface area is 142 Å². The molecule has 2 aromatic carbocycles. The monoisotopic (exact) mass is 342 g/mol. The third-order valence-electron chi connectivity index (χ3n) is 3.52. The number of amides is 1. The molecule has 2 N–H and O–H groups in total. The normalized spacial score (nSPS) is 10.3. The Balaban J connectivity index is 1.92. The predicted molar refractivity (Wildman–Crippen MR) is 88.4 cm³/mol. The zero-order valence-electron chi connectivity index (χ0n) is 13.6. The minimum Gasteiger partial charge on any atom is -0.497 e. The molecule has 8 nitrogen and oxygen atoms in total. The van der Waals surface area contributed by atoms with E-state index in [1.165, 1.54) is 11.8 Å². The molecule has 0 saturated heterocycles. The zero-order valence-corrected chi connectivity index (χ0v) is 13.6. The maximum Gasteiger partial charge on any atom is 0.441 e. The van der Waals surface area contributed by atoms with Crippen LogP contribution in [0.2, 0.25) is 0 Å². The molecule has 0 saturated carbocycles. The molecule has 0 bridgehead atoms. The van der Waals surface area contributed by atoms with Crippen LogP contribution in [0.5, 0.6) is 11.5 Å². The lowest BCUT2D eigenvalue weighted by Crippen LogP contribution is -2.42. The first-order valence-electron chi connectivity index (χ1n) is 7.35.